The second-order valence-corrected chi connectivity index (χ2v) is 3.65. The van der Waals surface area contributed by atoms with Gasteiger partial charge in [0.1, 0.15) is 0 Å². The smallest absolute Gasteiger partial charge is 0.198 e. The van der Waals surface area contributed by atoms with Gasteiger partial charge in [-0.2, -0.15) is 0 Å². The number of nitrogens with one attached hydrogen (secondary N) is 1. The van der Waals surface area contributed by atoms with Crippen LogP contribution in [0.3, 0.4) is 0 Å². The van der Waals surface area contributed by atoms with E-state index in [-0.39, 0.29) is 0 Å². The van der Waals surface area contributed by atoms with Gasteiger partial charge in [-0.25, -0.2) is 4.39 Å². The molecule has 0 aliphatic carbocycles. The molecule has 0 fully saturated rings. The minimum Gasteiger partial charge on any atom is -0.348 e. The van der Waals surface area contributed by atoms with Gasteiger partial charge in [0.2, 0.25) is 0 Å². The van der Waals surface area contributed by atoms with E-state index >= 15 is 0 Å². The molecule has 2 aliphatic rings. The van der Waals surface area contributed by atoms with Gasteiger partial charge in [-0.15, -0.1) is 0 Å². The van der Waals surface area contributed by atoms with Crippen molar-refractivity contribution >= 4 is 0 Å². The zero-order valence-electron chi connectivity index (χ0n) is 8.33. The van der Waals surface area contributed by atoms with Gasteiger partial charge in [0.05, 0.1) is 0 Å². The van der Waals surface area contributed by atoms with Crippen molar-refractivity contribution in [2.24, 2.45) is 0 Å². The summed E-state index contributed by atoms with van der Waals surface area (Å²) in [6.45, 7) is 1.80. The van der Waals surface area contributed by atoms with Crippen LogP contribution in [-0.2, 0) is 0 Å². The third-order valence-electron chi connectivity index (χ3n) is 2.65. The first-order valence-electron chi connectivity index (χ1n) is 4.93. The van der Waals surface area contributed by atoms with Crippen LogP contribution in [0.25, 0.3) is 0 Å². The third kappa shape index (κ3) is 1.73. The quantitative estimate of drug-likeness (QED) is 0.638. The third-order valence-corrected chi connectivity index (χ3v) is 2.65. The summed E-state index contributed by atoms with van der Waals surface area (Å²) in [5.41, 5.74) is 1.96. The Hall–Kier alpha value is -1.09. The molecule has 0 saturated heterocycles. The number of nitrogens with zero attached hydrogens (tertiary/aromatic N) is 1. The fourth-order valence-corrected chi connectivity index (χ4v) is 1.80. The van der Waals surface area contributed by atoms with Crippen LogP contribution >= 0.6 is 0 Å². The van der Waals surface area contributed by atoms with Crippen LogP contribution in [0, 0.1) is 0 Å². The van der Waals surface area contributed by atoms with Gasteiger partial charge >= 0.3 is 0 Å². The summed E-state index contributed by atoms with van der Waals surface area (Å²) >= 11 is 0. The minimum atomic E-state index is -0.982. The lowest BCUT2D eigenvalue weighted by Crippen LogP contribution is -2.30. The zero-order chi connectivity index (χ0) is 9.97. The molecule has 0 bridgehead atoms. The Morgan fingerprint density at radius 3 is 3.14 bits per heavy atom. The van der Waals surface area contributed by atoms with Crippen LogP contribution < -0.4 is 5.32 Å². The first-order chi connectivity index (χ1) is 6.79. The molecule has 14 heavy (non-hydrogen) atoms. The van der Waals surface area contributed by atoms with Crippen LogP contribution in [0.1, 0.15) is 6.42 Å². The molecular formula is C11H15FN2. The van der Waals surface area contributed by atoms with Gasteiger partial charge in [0, 0.05) is 25.4 Å². The number of halogens is 1. The SMILES string of the molecule is CN1C=CC=C(C2=CCNCC2)C1F. The van der Waals surface area contributed by atoms with Crippen molar-refractivity contribution in [3.63, 3.8) is 0 Å². The summed E-state index contributed by atoms with van der Waals surface area (Å²) in [5, 5.41) is 3.22. The van der Waals surface area contributed by atoms with E-state index in [0.29, 0.717) is 0 Å². The fourth-order valence-electron chi connectivity index (χ4n) is 1.80. The molecule has 2 nitrogen and oxygen atoms in total. The molecule has 2 aliphatic heterocycles. The first kappa shape index (κ1) is 9.46. The topological polar surface area (TPSA) is 15.3 Å². The molecule has 0 spiro atoms. The average molecular weight is 194 g/mol. The molecule has 0 aromatic heterocycles. The highest BCUT2D eigenvalue weighted by Gasteiger charge is 2.21. The Kier molecular flexibility index (Phi) is 2.68. The molecule has 1 unspecified atom stereocenters. The summed E-state index contributed by atoms with van der Waals surface area (Å²) < 4.78 is 13.8. The van der Waals surface area contributed by atoms with Crippen LogP contribution in [0.5, 0.6) is 0 Å². The van der Waals surface area contributed by atoms with E-state index in [1.165, 1.54) is 0 Å². The van der Waals surface area contributed by atoms with Crippen LogP contribution in [0.4, 0.5) is 4.39 Å². The number of likely N-dealkylation sites (N-methyl/N-ethyl adjacent to an activating group) is 1. The number of hydrogen-bond donors (Lipinski definition) is 1. The molecular weight excluding hydrogens is 179 g/mol. The number of rotatable bonds is 1. The van der Waals surface area contributed by atoms with Crippen LogP contribution in [0.2, 0.25) is 0 Å². The van der Waals surface area contributed by atoms with Gasteiger partial charge in [-0.3, -0.25) is 0 Å². The van der Waals surface area contributed by atoms with Gasteiger partial charge in [-0.1, -0.05) is 12.2 Å². The average Bonchev–Trinajstić information content (AvgIpc) is 2.23. The van der Waals surface area contributed by atoms with Gasteiger partial charge < -0.3 is 10.2 Å². The lowest BCUT2D eigenvalue weighted by Gasteiger charge is -2.27. The summed E-state index contributed by atoms with van der Waals surface area (Å²) in [4.78, 5) is 1.60. The number of alkyl halides is 1. The molecule has 0 saturated carbocycles. The fraction of sp³-hybridized carbons (Fsp3) is 0.455. The molecule has 3 heteroatoms. The van der Waals surface area contributed by atoms with Crippen molar-refractivity contribution in [1.29, 1.82) is 0 Å². The molecule has 0 radical (unpaired) electrons. The molecule has 2 rings (SSSR count). The molecule has 0 aromatic rings. The maximum absolute atomic E-state index is 13.8. The highest BCUT2D eigenvalue weighted by molar-refractivity contribution is 5.39. The van der Waals surface area contributed by atoms with Crippen molar-refractivity contribution < 1.29 is 4.39 Å². The van der Waals surface area contributed by atoms with E-state index in [2.05, 4.69) is 11.4 Å². The largest absolute Gasteiger partial charge is 0.348 e. The van der Waals surface area contributed by atoms with Crippen molar-refractivity contribution in [3.05, 3.63) is 35.6 Å². The second-order valence-electron chi connectivity index (χ2n) is 3.65. The van der Waals surface area contributed by atoms with Crippen LogP contribution in [0.15, 0.2) is 35.6 Å². The van der Waals surface area contributed by atoms with Crippen molar-refractivity contribution in [2.75, 3.05) is 20.1 Å². The van der Waals surface area contributed by atoms with Crippen molar-refractivity contribution in [3.8, 4) is 0 Å². The monoisotopic (exact) mass is 194 g/mol. The zero-order valence-corrected chi connectivity index (χ0v) is 8.33. The van der Waals surface area contributed by atoms with Gasteiger partial charge in [0.25, 0.3) is 0 Å². The summed E-state index contributed by atoms with van der Waals surface area (Å²) in [6, 6.07) is 0. The van der Waals surface area contributed by atoms with E-state index in [9.17, 15) is 4.39 Å². The van der Waals surface area contributed by atoms with E-state index in [0.717, 1.165) is 30.7 Å². The lowest BCUT2D eigenvalue weighted by atomic mass is 9.97. The predicted octanol–water partition coefficient (Wildman–Crippen LogP) is 1.59. The lowest BCUT2D eigenvalue weighted by molar-refractivity contribution is 0.195. The Bertz CT molecular complexity index is 304. The number of allylic oxidation sites excluding steroid dienone is 2. The van der Waals surface area contributed by atoms with Crippen molar-refractivity contribution in [2.45, 2.75) is 12.7 Å². The summed E-state index contributed by atoms with van der Waals surface area (Å²) in [5.74, 6) is 0. The molecule has 2 heterocycles. The van der Waals surface area contributed by atoms with Crippen LogP contribution in [-0.4, -0.2) is 31.3 Å². The van der Waals surface area contributed by atoms with E-state index < -0.39 is 6.30 Å². The Labute approximate surface area is 83.8 Å². The number of hydrogen-bond acceptors (Lipinski definition) is 2. The van der Waals surface area contributed by atoms with Gasteiger partial charge in [-0.05, 0) is 24.6 Å². The summed E-state index contributed by atoms with van der Waals surface area (Å²) in [6.07, 6.45) is 7.55. The van der Waals surface area contributed by atoms with E-state index in [1.807, 2.05) is 12.2 Å². The molecule has 0 amide bonds. The highest BCUT2D eigenvalue weighted by atomic mass is 19.1. The van der Waals surface area contributed by atoms with E-state index in [4.69, 9.17) is 0 Å². The molecule has 1 atom stereocenters. The Morgan fingerprint density at radius 2 is 2.43 bits per heavy atom. The molecule has 0 aromatic carbocycles. The maximum Gasteiger partial charge on any atom is 0.198 e. The minimum absolute atomic E-state index is 0.816. The summed E-state index contributed by atoms with van der Waals surface area (Å²) in [7, 11) is 1.76. The Balaban J connectivity index is 2.20. The van der Waals surface area contributed by atoms with Crippen molar-refractivity contribution in [1.82, 2.24) is 10.2 Å². The maximum atomic E-state index is 13.8. The molecule has 1 N–H and O–H groups in total. The normalized spacial score (nSPS) is 27.3. The molecule has 76 valence electrons. The van der Waals surface area contributed by atoms with Gasteiger partial charge in [0.15, 0.2) is 6.30 Å². The van der Waals surface area contributed by atoms with E-state index in [1.54, 1.807) is 18.1 Å². The predicted molar refractivity (Wildman–Crippen MR) is 55.5 cm³/mol. The first-order valence-corrected chi connectivity index (χ1v) is 4.93. The second kappa shape index (κ2) is 3.96. The Morgan fingerprint density at radius 1 is 1.57 bits per heavy atom. The highest BCUT2D eigenvalue weighted by Crippen LogP contribution is 2.25. The standard InChI is InChI=1S/C11H15FN2/c1-14-8-2-3-10(11(14)12)9-4-6-13-7-5-9/h2-4,8,11,13H,5-7H2,1H3.